The summed E-state index contributed by atoms with van der Waals surface area (Å²) in [5.41, 5.74) is 1.54. The van der Waals surface area contributed by atoms with Crippen LogP contribution in [0.15, 0.2) is 108 Å². The highest BCUT2D eigenvalue weighted by Crippen LogP contribution is 2.29. The second-order valence-corrected chi connectivity index (χ2v) is 13.7. The number of halogens is 3. The lowest BCUT2D eigenvalue weighted by Crippen LogP contribution is -2.54. The Kier molecular flexibility index (Phi) is 11.9. The molecular weight excluding hydrogens is 653 g/mol. The highest BCUT2D eigenvalue weighted by Gasteiger charge is 2.35. The lowest BCUT2D eigenvalue weighted by atomic mass is 10.0. The van der Waals surface area contributed by atoms with E-state index in [2.05, 4.69) is 5.32 Å². The summed E-state index contributed by atoms with van der Waals surface area (Å²) in [6.45, 7) is 3.10. The Morgan fingerprint density at radius 3 is 1.96 bits per heavy atom. The fraction of sp³-hybridized carbons (Fsp3) is 0.235. The van der Waals surface area contributed by atoms with Crippen LogP contribution >= 0.6 is 34.8 Å². The van der Waals surface area contributed by atoms with Gasteiger partial charge in [-0.2, -0.15) is 0 Å². The molecule has 2 atom stereocenters. The molecule has 0 saturated carbocycles. The van der Waals surface area contributed by atoms with Gasteiger partial charge in [-0.05, 0) is 67.4 Å². The molecule has 2 amide bonds. The summed E-state index contributed by atoms with van der Waals surface area (Å²) in [5, 5.41) is 4.00. The molecule has 0 fully saturated rings. The normalized spacial score (nSPS) is 12.6. The molecule has 236 valence electrons. The van der Waals surface area contributed by atoms with E-state index in [-0.39, 0.29) is 35.5 Å². The van der Waals surface area contributed by atoms with Crippen molar-refractivity contribution in [2.24, 2.45) is 0 Å². The number of carbonyl (C=O) groups excluding carboxylic acids is 2. The van der Waals surface area contributed by atoms with Gasteiger partial charge >= 0.3 is 0 Å². The number of hydrogen-bond donors (Lipinski definition) is 1. The van der Waals surface area contributed by atoms with Gasteiger partial charge in [-0.3, -0.25) is 13.9 Å². The van der Waals surface area contributed by atoms with Gasteiger partial charge in [-0.15, -0.1) is 0 Å². The molecule has 0 spiro atoms. The van der Waals surface area contributed by atoms with Crippen LogP contribution in [0.4, 0.5) is 5.69 Å². The number of nitrogens with one attached hydrogen (secondary N) is 1. The quantitative estimate of drug-likeness (QED) is 0.159. The van der Waals surface area contributed by atoms with Gasteiger partial charge in [0.15, 0.2) is 0 Å². The molecule has 0 aromatic heterocycles. The third kappa shape index (κ3) is 8.79. The summed E-state index contributed by atoms with van der Waals surface area (Å²) in [5.74, 6) is -0.996. The molecule has 11 heteroatoms. The van der Waals surface area contributed by atoms with E-state index in [9.17, 15) is 18.0 Å². The van der Waals surface area contributed by atoms with E-state index in [1.165, 1.54) is 29.2 Å². The van der Waals surface area contributed by atoms with Crippen LogP contribution in [0.1, 0.15) is 31.4 Å². The minimum Gasteiger partial charge on any atom is -0.352 e. The number of sulfonamides is 1. The topological polar surface area (TPSA) is 86.8 Å². The summed E-state index contributed by atoms with van der Waals surface area (Å²) in [6, 6.07) is 27.2. The number of anilines is 1. The standard InChI is InChI=1S/C34H34Cl3N3O4S/c1-3-24(2)38-34(42)32(21-25-11-6-4-7-12-25)39(22-29-30(36)15-10-16-31(29)37)33(41)23-40(27-13-8-5-9-14-27)45(43,44)28-19-17-26(35)18-20-28/h4-20,24,32H,3,21-23H2,1-2H3,(H,38,42). The summed E-state index contributed by atoms with van der Waals surface area (Å²) >= 11 is 19.1. The molecular formula is C34H34Cl3N3O4S. The van der Waals surface area contributed by atoms with Crippen molar-refractivity contribution in [3.63, 3.8) is 0 Å². The number of carbonyl (C=O) groups is 2. The van der Waals surface area contributed by atoms with Gasteiger partial charge in [0, 0.05) is 39.6 Å². The van der Waals surface area contributed by atoms with Gasteiger partial charge in [0.25, 0.3) is 10.0 Å². The number of benzene rings is 4. The number of nitrogens with zero attached hydrogens (tertiary/aromatic N) is 2. The Labute approximate surface area is 279 Å². The van der Waals surface area contributed by atoms with Crippen molar-refractivity contribution in [1.82, 2.24) is 10.2 Å². The molecule has 0 bridgehead atoms. The lowest BCUT2D eigenvalue weighted by Gasteiger charge is -2.34. The first-order chi connectivity index (χ1) is 21.5. The molecule has 1 N–H and O–H groups in total. The lowest BCUT2D eigenvalue weighted by molar-refractivity contribution is -0.140. The second-order valence-electron chi connectivity index (χ2n) is 10.5. The second kappa shape index (κ2) is 15.6. The Morgan fingerprint density at radius 2 is 1.38 bits per heavy atom. The van der Waals surface area contributed by atoms with Crippen molar-refractivity contribution in [1.29, 1.82) is 0 Å². The minimum atomic E-state index is -4.24. The van der Waals surface area contributed by atoms with E-state index in [1.54, 1.807) is 48.5 Å². The van der Waals surface area contributed by atoms with Crippen LogP contribution in [0.2, 0.25) is 15.1 Å². The highest BCUT2D eigenvalue weighted by atomic mass is 35.5. The monoisotopic (exact) mass is 685 g/mol. The zero-order valence-corrected chi connectivity index (χ0v) is 28.0. The molecule has 0 aliphatic rings. The maximum absolute atomic E-state index is 14.5. The van der Waals surface area contributed by atoms with Gasteiger partial charge in [0.2, 0.25) is 11.8 Å². The molecule has 45 heavy (non-hydrogen) atoms. The smallest absolute Gasteiger partial charge is 0.264 e. The number of rotatable bonds is 13. The maximum atomic E-state index is 14.5. The van der Waals surface area contributed by atoms with Gasteiger partial charge in [0.1, 0.15) is 12.6 Å². The Morgan fingerprint density at radius 1 is 0.800 bits per heavy atom. The molecule has 4 rings (SSSR count). The Hall–Kier alpha value is -3.56. The average Bonchev–Trinajstić information content (AvgIpc) is 3.03. The molecule has 4 aromatic carbocycles. The first kappa shape index (κ1) is 34.3. The van der Waals surface area contributed by atoms with E-state index >= 15 is 0 Å². The molecule has 0 radical (unpaired) electrons. The van der Waals surface area contributed by atoms with Gasteiger partial charge in [-0.1, -0.05) is 96.3 Å². The van der Waals surface area contributed by atoms with Crippen molar-refractivity contribution < 1.29 is 18.0 Å². The van der Waals surface area contributed by atoms with Crippen LogP contribution in [0.5, 0.6) is 0 Å². The van der Waals surface area contributed by atoms with Crippen molar-refractivity contribution >= 4 is 62.3 Å². The van der Waals surface area contributed by atoms with Gasteiger partial charge < -0.3 is 10.2 Å². The Bertz CT molecular complexity index is 1690. The van der Waals surface area contributed by atoms with E-state index in [1.807, 2.05) is 44.2 Å². The zero-order chi connectivity index (χ0) is 32.6. The van der Waals surface area contributed by atoms with Crippen LogP contribution in [0.25, 0.3) is 0 Å². The minimum absolute atomic E-state index is 0.0420. The molecule has 0 aliphatic heterocycles. The third-order valence-corrected chi connectivity index (χ3v) is 10.1. The number of amides is 2. The van der Waals surface area contributed by atoms with Crippen LogP contribution in [-0.4, -0.2) is 43.8 Å². The Balaban J connectivity index is 1.82. The molecule has 0 saturated heterocycles. The maximum Gasteiger partial charge on any atom is 0.264 e. The van der Waals surface area contributed by atoms with Crippen LogP contribution in [-0.2, 0) is 32.6 Å². The van der Waals surface area contributed by atoms with Crippen molar-refractivity contribution in [2.75, 3.05) is 10.8 Å². The van der Waals surface area contributed by atoms with Crippen LogP contribution in [0.3, 0.4) is 0 Å². The summed E-state index contributed by atoms with van der Waals surface area (Å²) in [7, 11) is -4.24. The van der Waals surface area contributed by atoms with E-state index in [4.69, 9.17) is 34.8 Å². The fourth-order valence-electron chi connectivity index (χ4n) is 4.71. The third-order valence-electron chi connectivity index (χ3n) is 7.39. The van der Waals surface area contributed by atoms with E-state index in [0.717, 1.165) is 9.87 Å². The molecule has 2 unspecified atom stereocenters. The van der Waals surface area contributed by atoms with Crippen LogP contribution < -0.4 is 9.62 Å². The fourth-order valence-corrected chi connectivity index (χ4v) is 6.76. The summed E-state index contributed by atoms with van der Waals surface area (Å²) < 4.78 is 29.1. The summed E-state index contributed by atoms with van der Waals surface area (Å²) in [4.78, 5) is 29.7. The number of hydrogen-bond acceptors (Lipinski definition) is 4. The van der Waals surface area contributed by atoms with Gasteiger partial charge in [0.05, 0.1) is 10.6 Å². The molecule has 0 heterocycles. The van der Waals surface area contributed by atoms with E-state index < -0.39 is 28.5 Å². The SMILES string of the molecule is CCC(C)NC(=O)C(Cc1ccccc1)N(Cc1c(Cl)cccc1Cl)C(=O)CN(c1ccccc1)S(=O)(=O)c1ccc(Cl)cc1. The van der Waals surface area contributed by atoms with E-state index in [0.29, 0.717) is 27.1 Å². The largest absolute Gasteiger partial charge is 0.352 e. The molecule has 4 aromatic rings. The summed E-state index contributed by atoms with van der Waals surface area (Å²) in [6.07, 6.45) is 0.849. The predicted molar refractivity (Wildman–Crippen MR) is 181 cm³/mol. The van der Waals surface area contributed by atoms with Crippen molar-refractivity contribution in [3.8, 4) is 0 Å². The number of para-hydroxylation sites is 1. The molecule has 7 nitrogen and oxygen atoms in total. The first-order valence-electron chi connectivity index (χ1n) is 14.4. The predicted octanol–water partition coefficient (Wildman–Crippen LogP) is 7.40. The molecule has 0 aliphatic carbocycles. The van der Waals surface area contributed by atoms with Crippen molar-refractivity contribution in [3.05, 3.63) is 129 Å². The average molecular weight is 687 g/mol. The zero-order valence-electron chi connectivity index (χ0n) is 24.9. The first-order valence-corrected chi connectivity index (χ1v) is 17.0. The van der Waals surface area contributed by atoms with Crippen molar-refractivity contribution in [2.45, 2.75) is 50.2 Å². The van der Waals surface area contributed by atoms with Gasteiger partial charge in [-0.25, -0.2) is 8.42 Å². The highest BCUT2D eigenvalue weighted by molar-refractivity contribution is 7.92. The van der Waals surface area contributed by atoms with Crippen LogP contribution in [0, 0.1) is 0 Å².